The van der Waals surface area contributed by atoms with E-state index in [-0.39, 0.29) is 5.78 Å². The van der Waals surface area contributed by atoms with E-state index in [1.54, 1.807) is 28.4 Å². The Bertz CT molecular complexity index is 696. The molecule has 17 heavy (non-hydrogen) atoms. The molecule has 0 N–H and O–H groups in total. The molecule has 0 unspecified atom stereocenters. The molecule has 4 heteroatoms. The maximum Gasteiger partial charge on any atom is 0.212 e. The van der Waals surface area contributed by atoms with Gasteiger partial charge >= 0.3 is 0 Å². The summed E-state index contributed by atoms with van der Waals surface area (Å²) in [5.41, 5.74) is 1.37. The highest BCUT2D eigenvalue weighted by molar-refractivity contribution is 7.17. The molecule has 0 aliphatic rings. The molecule has 0 saturated heterocycles. The molecule has 84 valence electrons. The number of hydrogen-bond acceptors (Lipinski definition) is 3. The summed E-state index contributed by atoms with van der Waals surface area (Å²) in [5, 5.41) is 3.12. The number of aromatic nitrogens is 2. The lowest BCUT2D eigenvalue weighted by Gasteiger charge is -2.02. The molecule has 0 aliphatic carbocycles. The fourth-order valence-corrected chi connectivity index (χ4v) is 2.80. The zero-order valence-corrected chi connectivity index (χ0v) is 10.1. The van der Waals surface area contributed by atoms with Crippen LogP contribution in [0.15, 0.2) is 42.2 Å². The van der Waals surface area contributed by atoms with Gasteiger partial charge in [-0.15, -0.1) is 11.3 Å². The van der Waals surface area contributed by atoms with Crippen molar-refractivity contribution >= 4 is 27.2 Å². The van der Waals surface area contributed by atoms with E-state index in [1.165, 1.54) is 0 Å². The maximum absolute atomic E-state index is 12.4. The van der Waals surface area contributed by atoms with Gasteiger partial charge in [0.05, 0.1) is 12.5 Å². The number of carbonyl (C=O) groups is 1. The van der Waals surface area contributed by atoms with Crippen LogP contribution in [0.1, 0.15) is 16.1 Å². The van der Waals surface area contributed by atoms with Gasteiger partial charge in [-0.05, 0) is 22.9 Å². The Kier molecular flexibility index (Phi) is 2.30. The highest BCUT2D eigenvalue weighted by Gasteiger charge is 2.15. The Morgan fingerprint density at radius 2 is 2.24 bits per heavy atom. The van der Waals surface area contributed by atoms with Crippen LogP contribution in [-0.2, 0) is 7.05 Å². The van der Waals surface area contributed by atoms with Crippen LogP contribution >= 0.6 is 11.3 Å². The first kappa shape index (κ1) is 10.2. The quantitative estimate of drug-likeness (QED) is 0.648. The van der Waals surface area contributed by atoms with Crippen molar-refractivity contribution < 1.29 is 4.79 Å². The minimum Gasteiger partial charge on any atom is -0.331 e. The van der Waals surface area contributed by atoms with Crippen molar-refractivity contribution in [2.45, 2.75) is 0 Å². The Morgan fingerprint density at radius 1 is 1.35 bits per heavy atom. The second-order valence-electron chi connectivity index (χ2n) is 3.86. The number of carbonyl (C=O) groups excluding carboxylic acids is 1. The fraction of sp³-hybridized carbons (Fsp3) is 0.0769. The number of imidazole rings is 1. The van der Waals surface area contributed by atoms with Crippen molar-refractivity contribution in [2.75, 3.05) is 0 Å². The summed E-state index contributed by atoms with van der Waals surface area (Å²) >= 11 is 1.59. The van der Waals surface area contributed by atoms with Gasteiger partial charge in [0.15, 0.2) is 0 Å². The Morgan fingerprint density at radius 3 is 3.00 bits per heavy atom. The van der Waals surface area contributed by atoms with Gasteiger partial charge in [0.1, 0.15) is 5.69 Å². The average molecular weight is 242 g/mol. The Labute approximate surface area is 102 Å². The molecule has 0 radical (unpaired) electrons. The van der Waals surface area contributed by atoms with Crippen molar-refractivity contribution in [3.05, 3.63) is 53.4 Å². The van der Waals surface area contributed by atoms with Gasteiger partial charge in [0.25, 0.3) is 0 Å². The molecule has 3 rings (SSSR count). The predicted octanol–water partition coefficient (Wildman–Crippen LogP) is 2.87. The van der Waals surface area contributed by atoms with Gasteiger partial charge in [0, 0.05) is 17.3 Å². The van der Waals surface area contributed by atoms with Crippen LogP contribution in [0.4, 0.5) is 0 Å². The molecule has 1 aromatic carbocycles. The predicted molar refractivity (Wildman–Crippen MR) is 68.5 cm³/mol. The number of nitrogens with zero attached hydrogens (tertiary/aromatic N) is 2. The lowest BCUT2D eigenvalue weighted by molar-refractivity contribution is 0.103. The number of ketones is 1. The largest absolute Gasteiger partial charge is 0.331 e. The van der Waals surface area contributed by atoms with Crippen LogP contribution < -0.4 is 0 Å². The van der Waals surface area contributed by atoms with Crippen molar-refractivity contribution in [3.63, 3.8) is 0 Å². The van der Waals surface area contributed by atoms with Gasteiger partial charge in [-0.2, -0.15) is 0 Å². The van der Waals surface area contributed by atoms with Gasteiger partial charge in [0.2, 0.25) is 5.78 Å². The molecule has 0 saturated carbocycles. The van der Waals surface area contributed by atoms with Crippen LogP contribution in [0.3, 0.4) is 0 Å². The van der Waals surface area contributed by atoms with E-state index in [9.17, 15) is 4.79 Å². The van der Waals surface area contributed by atoms with Crippen molar-refractivity contribution in [3.8, 4) is 0 Å². The van der Waals surface area contributed by atoms with E-state index >= 15 is 0 Å². The molecule has 2 heterocycles. The second-order valence-corrected chi connectivity index (χ2v) is 4.78. The van der Waals surface area contributed by atoms with E-state index in [2.05, 4.69) is 4.98 Å². The molecule has 0 aliphatic heterocycles. The summed E-state index contributed by atoms with van der Waals surface area (Å²) < 4.78 is 2.79. The number of hydrogen-bond donors (Lipinski definition) is 0. The van der Waals surface area contributed by atoms with Gasteiger partial charge in [-0.1, -0.05) is 12.1 Å². The zero-order chi connectivity index (χ0) is 11.8. The van der Waals surface area contributed by atoms with Crippen LogP contribution in [-0.4, -0.2) is 15.3 Å². The molecule has 0 spiro atoms. The van der Waals surface area contributed by atoms with Crippen molar-refractivity contribution in [2.24, 2.45) is 7.05 Å². The third-order valence-electron chi connectivity index (χ3n) is 2.77. The number of thiophene rings is 1. The van der Waals surface area contributed by atoms with E-state index < -0.39 is 0 Å². The molecule has 0 atom stereocenters. The summed E-state index contributed by atoms with van der Waals surface area (Å²) in [7, 11) is 1.83. The monoisotopic (exact) mass is 242 g/mol. The Balaban J connectivity index is 2.19. The molecular formula is C13H10N2OS. The normalized spacial score (nSPS) is 10.9. The second kappa shape index (κ2) is 3.82. The van der Waals surface area contributed by atoms with E-state index in [0.29, 0.717) is 5.69 Å². The number of aryl methyl sites for hydroxylation is 1. The minimum absolute atomic E-state index is 0.0260. The molecule has 0 amide bonds. The fourth-order valence-electron chi connectivity index (χ4n) is 1.89. The summed E-state index contributed by atoms with van der Waals surface area (Å²) in [4.78, 5) is 16.4. The lowest BCUT2D eigenvalue weighted by atomic mass is 10.1. The molecule has 3 aromatic rings. The average Bonchev–Trinajstić information content (AvgIpc) is 2.95. The van der Waals surface area contributed by atoms with Crippen LogP contribution in [0.2, 0.25) is 0 Å². The number of fused-ring (bicyclic) bond motifs is 1. The van der Waals surface area contributed by atoms with Gasteiger partial charge in [-0.3, -0.25) is 4.79 Å². The smallest absolute Gasteiger partial charge is 0.212 e. The third-order valence-corrected chi connectivity index (χ3v) is 3.74. The minimum atomic E-state index is 0.0260. The molecular weight excluding hydrogens is 232 g/mol. The first-order valence-corrected chi connectivity index (χ1v) is 6.12. The van der Waals surface area contributed by atoms with Crippen LogP contribution in [0.25, 0.3) is 10.1 Å². The van der Waals surface area contributed by atoms with Crippen LogP contribution in [0, 0.1) is 0 Å². The van der Waals surface area contributed by atoms with E-state index in [4.69, 9.17) is 0 Å². The summed E-state index contributed by atoms with van der Waals surface area (Å²) in [6.45, 7) is 0. The van der Waals surface area contributed by atoms with Crippen molar-refractivity contribution in [1.82, 2.24) is 9.55 Å². The lowest BCUT2D eigenvalue weighted by Crippen LogP contribution is -2.06. The standard InChI is InChI=1S/C13H10N2OS/c1-15-8-14-7-11(15)12(16)10-4-2-3-9-5-6-17-13(9)10/h2-8H,1H3. The Hall–Kier alpha value is -1.94. The number of rotatable bonds is 2. The molecule has 0 bridgehead atoms. The third kappa shape index (κ3) is 1.57. The van der Waals surface area contributed by atoms with Crippen molar-refractivity contribution in [1.29, 1.82) is 0 Å². The SMILES string of the molecule is Cn1cncc1C(=O)c1cccc2ccsc12. The maximum atomic E-state index is 12.4. The first-order chi connectivity index (χ1) is 8.27. The van der Waals surface area contributed by atoms with E-state index in [0.717, 1.165) is 15.6 Å². The summed E-state index contributed by atoms with van der Waals surface area (Å²) in [6.07, 6.45) is 3.25. The highest BCUT2D eigenvalue weighted by atomic mass is 32.1. The van der Waals surface area contributed by atoms with Crippen LogP contribution in [0.5, 0.6) is 0 Å². The molecule has 3 nitrogen and oxygen atoms in total. The summed E-state index contributed by atoms with van der Waals surface area (Å²) in [6, 6.07) is 7.83. The number of benzene rings is 1. The topological polar surface area (TPSA) is 34.9 Å². The van der Waals surface area contributed by atoms with E-state index in [1.807, 2.05) is 36.7 Å². The molecule has 0 fully saturated rings. The first-order valence-electron chi connectivity index (χ1n) is 5.24. The summed E-state index contributed by atoms with van der Waals surface area (Å²) in [5.74, 6) is 0.0260. The molecule has 2 aromatic heterocycles. The van der Waals surface area contributed by atoms with Gasteiger partial charge in [-0.25, -0.2) is 4.98 Å². The zero-order valence-electron chi connectivity index (χ0n) is 9.25. The highest BCUT2D eigenvalue weighted by Crippen LogP contribution is 2.26. The van der Waals surface area contributed by atoms with Gasteiger partial charge < -0.3 is 4.57 Å².